The molecular weight excluding hydrogens is 290 g/mol. The summed E-state index contributed by atoms with van der Waals surface area (Å²) in [5.41, 5.74) is 0.0681. The fraction of sp³-hybridized carbons (Fsp3) is 0.500. The van der Waals surface area contributed by atoms with Gasteiger partial charge in [-0.15, -0.1) is 0 Å². The van der Waals surface area contributed by atoms with Crippen LogP contribution < -0.4 is 5.32 Å². The van der Waals surface area contributed by atoms with Gasteiger partial charge in [0.05, 0.1) is 6.54 Å². The molecule has 2 nitrogen and oxygen atoms in total. The van der Waals surface area contributed by atoms with E-state index in [0.29, 0.717) is 17.6 Å². The average molecular weight is 305 g/mol. The minimum atomic E-state index is -2.81. The Labute approximate surface area is 108 Å². The zero-order valence-corrected chi connectivity index (χ0v) is 11.0. The van der Waals surface area contributed by atoms with Crippen LogP contribution in [0.5, 0.6) is 0 Å². The molecule has 5 heteroatoms. The Kier molecular flexibility index (Phi) is 4.12. The van der Waals surface area contributed by atoms with Crippen LogP contribution in [-0.4, -0.2) is 37.6 Å². The molecule has 1 heterocycles. The lowest BCUT2D eigenvalue weighted by molar-refractivity contribution is -0.0406. The third-order valence-electron chi connectivity index (χ3n) is 2.90. The highest BCUT2D eigenvalue weighted by molar-refractivity contribution is 9.10. The first kappa shape index (κ1) is 12.9. The van der Waals surface area contributed by atoms with E-state index in [1.807, 2.05) is 0 Å². The molecule has 1 fully saturated rings. The number of benzene rings is 1. The minimum Gasteiger partial charge on any atom is -0.314 e. The molecule has 0 aliphatic carbocycles. The highest BCUT2D eigenvalue weighted by atomic mass is 79.9. The minimum absolute atomic E-state index is 0.0681. The summed E-state index contributed by atoms with van der Waals surface area (Å²) >= 11 is 3.19. The average Bonchev–Trinajstić information content (AvgIpc) is 2.30. The molecule has 1 N–H and O–H groups in total. The number of halogens is 3. The van der Waals surface area contributed by atoms with Crippen LogP contribution in [0.25, 0.3) is 0 Å². The SMILES string of the molecule is FC(F)(CN1CCNCC1)c1ccccc1Br. The molecule has 17 heavy (non-hydrogen) atoms. The van der Waals surface area contributed by atoms with Crippen molar-refractivity contribution in [1.29, 1.82) is 0 Å². The van der Waals surface area contributed by atoms with Gasteiger partial charge in [-0.05, 0) is 6.07 Å². The molecule has 94 valence electrons. The van der Waals surface area contributed by atoms with Gasteiger partial charge in [-0.3, -0.25) is 4.90 Å². The lowest BCUT2D eigenvalue weighted by Crippen LogP contribution is -2.47. The van der Waals surface area contributed by atoms with Gasteiger partial charge in [0.15, 0.2) is 0 Å². The Hall–Kier alpha value is -0.520. The molecular formula is C12H15BrF2N2. The molecule has 1 saturated heterocycles. The van der Waals surface area contributed by atoms with Crippen molar-refractivity contribution in [3.8, 4) is 0 Å². The second-order valence-electron chi connectivity index (χ2n) is 4.21. The van der Waals surface area contributed by atoms with Gasteiger partial charge in [-0.2, -0.15) is 8.78 Å². The van der Waals surface area contributed by atoms with Crippen LogP contribution >= 0.6 is 15.9 Å². The lowest BCUT2D eigenvalue weighted by Gasteiger charge is -2.31. The molecule has 0 saturated carbocycles. The Morgan fingerprint density at radius 3 is 2.53 bits per heavy atom. The van der Waals surface area contributed by atoms with Gasteiger partial charge < -0.3 is 5.32 Å². The van der Waals surface area contributed by atoms with Crippen molar-refractivity contribution in [1.82, 2.24) is 10.2 Å². The highest BCUT2D eigenvalue weighted by Gasteiger charge is 2.35. The summed E-state index contributed by atoms with van der Waals surface area (Å²) in [6.45, 7) is 2.72. The number of nitrogens with one attached hydrogen (secondary N) is 1. The molecule has 0 spiro atoms. The second-order valence-corrected chi connectivity index (χ2v) is 5.06. The van der Waals surface area contributed by atoms with Crippen molar-refractivity contribution in [3.63, 3.8) is 0 Å². The maximum Gasteiger partial charge on any atom is 0.286 e. The molecule has 1 aliphatic heterocycles. The summed E-state index contributed by atoms with van der Waals surface area (Å²) in [6, 6.07) is 6.52. The van der Waals surface area contributed by atoms with E-state index < -0.39 is 5.92 Å². The van der Waals surface area contributed by atoms with Crippen molar-refractivity contribution in [2.24, 2.45) is 0 Å². The predicted molar refractivity (Wildman–Crippen MR) is 67.3 cm³/mol. The molecule has 1 aliphatic rings. The summed E-state index contributed by atoms with van der Waals surface area (Å²) in [5.74, 6) is -2.81. The van der Waals surface area contributed by atoms with E-state index in [2.05, 4.69) is 21.2 Å². The van der Waals surface area contributed by atoms with Crippen molar-refractivity contribution in [2.45, 2.75) is 5.92 Å². The van der Waals surface area contributed by atoms with Crippen LogP contribution in [0.15, 0.2) is 28.7 Å². The molecule has 0 aromatic heterocycles. The van der Waals surface area contributed by atoms with E-state index in [4.69, 9.17) is 0 Å². The van der Waals surface area contributed by atoms with E-state index in [1.165, 1.54) is 6.07 Å². The molecule has 0 bridgehead atoms. The fourth-order valence-electron chi connectivity index (χ4n) is 1.99. The standard InChI is InChI=1S/C12H15BrF2N2/c13-11-4-2-1-3-10(11)12(14,15)9-17-7-5-16-6-8-17/h1-4,16H,5-9H2. The van der Waals surface area contributed by atoms with Crippen molar-refractivity contribution in [2.75, 3.05) is 32.7 Å². The van der Waals surface area contributed by atoms with Crippen LogP contribution in [-0.2, 0) is 5.92 Å². The third kappa shape index (κ3) is 3.24. The van der Waals surface area contributed by atoms with Crippen LogP contribution in [0.3, 0.4) is 0 Å². The molecule has 1 aromatic carbocycles. The number of hydrogen-bond acceptors (Lipinski definition) is 2. The smallest absolute Gasteiger partial charge is 0.286 e. The molecule has 0 radical (unpaired) electrons. The first-order valence-electron chi connectivity index (χ1n) is 5.65. The topological polar surface area (TPSA) is 15.3 Å². The summed E-state index contributed by atoms with van der Waals surface area (Å²) in [4.78, 5) is 1.80. The number of piperazine rings is 1. The molecule has 0 unspecified atom stereocenters. The highest BCUT2D eigenvalue weighted by Crippen LogP contribution is 2.34. The number of nitrogens with zero attached hydrogens (tertiary/aromatic N) is 1. The van der Waals surface area contributed by atoms with Gasteiger partial charge in [0.1, 0.15) is 0 Å². The largest absolute Gasteiger partial charge is 0.314 e. The van der Waals surface area contributed by atoms with E-state index in [9.17, 15) is 8.78 Å². The maximum atomic E-state index is 14.1. The first-order chi connectivity index (χ1) is 8.09. The first-order valence-corrected chi connectivity index (χ1v) is 6.45. The third-order valence-corrected chi connectivity index (χ3v) is 3.59. The Balaban J connectivity index is 2.10. The molecule has 0 atom stereocenters. The number of hydrogen-bond donors (Lipinski definition) is 1. The van der Waals surface area contributed by atoms with Crippen LogP contribution in [0.4, 0.5) is 8.78 Å². The summed E-state index contributed by atoms with van der Waals surface area (Å²) in [6.07, 6.45) is 0. The fourth-order valence-corrected chi connectivity index (χ4v) is 2.57. The van der Waals surface area contributed by atoms with Gasteiger partial charge >= 0.3 is 0 Å². The number of rotatable bonds is 3. The predicted octanol–water partition coefficient (Wildman–Crippen LogP) is 2.45. The second kappa shape index (κ2) is 5.42. The monoisotopic (exact) mass is 304 g/mol. The van der Waals surface area contributed by atoms with Gasteiger partial charge in [-0.25, -0.2) is 0 Å². The molecule has 2 rings (SSSR count). The zero-order chi connectivity index (χ0) is 12.3. The van der Waals surface area contributed by atoms with Crippen molar-refractivity contribution >= 4 is 15.9 Å². The maximum absolute atomic E-state index is 14.1. The van der Waals surface area contributed by atoms with Gasteiger partial charge in [-0.1, -0.05) is 34.1 Å². The van der Waals surface area contributed by atoms with E-state index in [1.54, 1.807) is 23.1 Å². The van der Waals surface area contributed by atoms with Crippen LogP contribution in [0.2, 0.25) is 0 Å². The summed E-state index contributed by atoms with van der Waals surface area (Å²) in [7, 11) is 0. The van der Waals surface area contributed by atoms with E-state index in [-0.39, 0.29) is 12.1 Å². The summed E-state index contributed by atoms with van der Waals surface area (Å²) < 4.78 is 28.7. The molecule has 0 amide bonds. The van der Waals surface area contributed by atoms with Gasteiger partial charge in [0.25, 0.3) is 5.92 Å². The van der Waals surface area contributed by atoms with Crippen molar-refractivity contribution < 1.29 is 8.78 Å². The normalized spacial score (nSPS) is 18.3. The van der Waals surface area contributed by atoms with Crippen LogP contribution in [0.1, 0.15) is 5.56 Å². The van der Waals surface area contributed by atoms with Crippen molar-refractivity contribution in [3.05, 3.63) is 34.3 Å². The van der Waals surface area contributed by atoms with E-state index in [0.717, 1.165) is 13.1 Å². The van der Waals surface area contributed by atoms with Gasteiger partial charge in [0.2, 0.25) is 0 Å². The summed E-state index contributed by atoms with van der Waals surface area (Å²) in [5, 5.41) is 3.16. The molecule has 1 aromatic rings. The zero-order valence-electron chi connectivity index (χ0n) is 9.43. The Morgan fingerprint density at radius 2 is 1.88 bits per heavy atom. The quantitative estimate of drug-likeness (QED) is 0.923. The Bertz CT molecular complexity index is 379. The van der Waals surface area contributed by atoms with E-state index >= 15 is 0 Å². The van der Waals surface area contributed by atoms with Crippen LogP contribution in [0, 0.1) is 0 Å². The number of alkyl halides is 2. The lowest BCUT2D eigenvalue weighted by atomic mass is 10.1. The van der Waals surface area contributed by atoms with Gasteiger partial charge in [0, 0.05) is 36.2 Å². The Morgan fingerprint density at radius 1 is 1.24 bits per heavy atom.